The van der Waals surface area contributed by atoms with Gasteiger partial charge in [-0.25, -0.2) is 0 Å². The van der Waals surface area contributed by atoms with Crippen molar-refractivity contribution in [2.75, 3.05) is 13.1 Å². The van der Waals surface area contributed by atoms with Crippen LogP contribution in [0.2, 0.25) is 0 Å². The monoisotopic (exact) mass is 269 g/mol. The van der Waals surface area contributed by atoms with Crippen LogP contribution in [0.1, 0.15) is 73.1 Å². The fraction of sp³-hybridized carbons (Fsp3) is 1.00. The summed E-state index contributed by atoms with van der Waals surface area (Å²) in [6.07, 6.45) is 8.29. The molecule has 1 N–H and O–H groups in total. The summed E-state index contributed by atoms with van der Waals surface area (Å²) < 4.78 is 6.42. The maximum Gasteiger partial charge on any atom is 0.0703 e. The third kappa shape index (κ3) is 6.76. The molecule has 0 aromatic heterocycles. The van der Waals surface area contributed by atoms with Gasteiger partial charge in [-0.15, -0.1) is 0 Å². The molecular formula is C17H35NO. The summed E-state index contributed by atoms with van der Waals surface area (Å²) in [4.78, 5) is 0. The Hall–Kier alpha value is -0.0800. The molecule has 1 rings (SSSR count). The summed E-state index contributed by atoms with van der Waals surface area (Å²) in [7, 11) is 0. The number of ether oxygens (including phenoxy) is 1. The number of hydrogen-bond acceptors (Lipinski definition) is 2. The van der Waals surface area contributed by atoms with Crippen molar-refractivity contribution in [1.29, 1.82) is 0 Å². The van der Waals surface area contributed by atoms with Gasteiger partial charge in [-0.3, -0.25) is 0 Å². The molecule has 0 aliphatic heterocycles. The van der Waals surface area contributed by atoms with Crippen LogP contribution >= 0.6 is 0 Å². The Bertz CT molecular complexity index is 239. The predicted octanol–water partition coefficient (Wildman–Crippen LogP) is 4.39. The van der Waals surface area contributed by atoms with E-state index in [1.54, 1.807) is 0 Å². The fourth-order valence-corrected chi connectivity index (χ4v) is 3.61. The molecule has 3 atom stereocenters. The SMILES string of the molecule is CCCNCC(CCC)OC1CC(C)CC(C)(C)C1. The van der Waals surface area contributed by atoms with E-state index >= 15 is 0 Å². The van der Waals surface area contributed by atoms with Crippen molar-refractivity contribution in [3.63, 3.8) is 0 Å². The van der Waals surface area contributed by atoms with Crippen LogP contribution < -0.4 is 5.32 Å². The van der Waals surface area contributed by atoms with E-state index in [0.29, 0.717) is 17.6 Å². The van der Waals surface area contributed by atoms with Gasteiger partial charge in [0.25, 0.3) is 0 Å². The van der Waals surface area contributed by atoms with Crippen LogP contribution in [0.3, 0.4) is 0 Å². The van der Waals surface area contributed by atoms with Crippen molar-refractivity contribution in [2.45, 2.75) is 85.4 Å². The molecule has 0 radical (unpaired) electrons. The van der Waals surface area contributed by atoms with Crippen molar-refractivity contribution < 1.29 is 4.74 Å². The molecule has 2 heteroatoms. The number of hydrogen-bond donors (Lipinski definition) is 1. The first-order valence-corrected chi connectivity index (χ1v) is 8.33. The number of nitrogens with one attached hydrogen (secondary N) is 1. The lowest BCUT2D eigenvalue weighted by Crippen LogP contribution is -2.38. The molecule has 0 spiro atoms. The molecule has 0 bridgehead atoms. The van der Waals surface area contributed by atoms with Crippen molar-refractivity contribution in [2.24, 2.45) is 11.3 Å². The first-order valence-electron chi connectivity index (χ1n) is 8.33. The van der Waals surface area contributed by atoms with Crippen molar-refractivity contribution in [1.82, 2.24) is 5.32 Å². The lowest BCUT2D eigenvalue weighted by Gasteiger charge is -2.40. The van der Waals surface area contributed by atoms with Gasteiger partial charge >= 0.3 is 0 Å². The van der Waals surface area contributed by atoms with Crippen LogP contribution in [0.5, 0.6) is 0 Å². The van der Waals surface area contributed by atoms with Crippen molar-refractivity contribution in [3.05, 3.63) is 0 Å². The van der Waals surface area contributed by atoms with E-state index in [2.05, 4.69) is 39.9 Å². The molecule has 0 aromatic carbocycles. The topological polar surface area (TPSA) is 21.3 Å². The molecular weight excluding hydrogens is 234 g/mol. The van der Waals surface area contributed by atoms with Crippen LogP contribution in [0.15, 0.2) is 0 Å². The van der Waals surface area contributed by atoms with Crippen LogP contribution in [-0.4, -0.2) is 25.3 Å². The average molecular weight is 269 g/mol. The van der Waals surface area contributed by atoms with E-state index in [0.717, 1.165) is 19.0 Å². The van der Waals surface area contributed by atoms with E-state index in [1.807, 2.05) is 0 Å². The Morgan fingerprint density at radius 1 is 1.21 bits per heavy atom. The van der Waals surface area contributed by atoms with Crippen LogP contribution in [-0.2, 0) is 4.74 Å². The third-order valence-corrected chi connectivity index (χ3v) is 4.14. The van der Waals surface area contributed by atoms with Crippen molar-refractivity contribution >= 4 is 0 Å². The van der Waals surface area contributed by atoms with Gasteiger partial charge in [-0.05, 0) is 50.0 Å². The molecule has 0 heterocycles. The predicted molar refractivity (Wildman–Crippen MR) is 83.5 cm³/mol. The normalized spacial score (nSPS) is 28.3. The Morgan fingerprint density at radius 2 is 1.95 bits per heavy atom. The van der Waals surface area contributed by atoms with E-state index in [-0.39, 0.29) is 0 Å². The lowest BCUT2D eigenvalue weighted by molar-refractivity contribution is -0.0669. The standard InChI is InChI=1S/C17H35NO/c1-6-8-15(13-18-9-7-2)19-16-10-14(3)11-17(4,5)12-16/h14-16,18H,6-13H2,1-5H3. The lowest BCUT2D eigenvalue weighted by atomic mass is 9.71. The third-order valence-electron chi connectivity index (χ3n) is 4.14. The summed E-state index contributed by atoms with van der Waals surface area (Å²) >= 11 is 0. The molecule has 1 saturated carbocycles. The molecule has 3 unspecified atom stereocenters. The fourth-order valence-electron chi connectivity index (χ4n) is 3.61. The molecule has 2 nitrogen and oxygen atoms in total. The highest BCUT2D eigenvalue weighted by Gasteiger charge is 2.33. The molecule has 1 fully saturated rings. The van der Waals surface area contributed by atoms with Gasteiger partial charge in [-0.2, -0.15) is 0 Å². The smallest absolute Gasteiger partial charge is 0.0703 e. The Balaban J connectivity index is 2.43. The first-order chi connectivity index (χ1) is 8.96. The molecule has 1 aliphatic carbocycles. The maximum atomic E-state index is 6.42. The second kappa shape index (κ2) is 8.26. The minimum absolute atomic E-state index is 0.405. The molecule has 0 aromatic rings. The van der Waals surface area contributed by atoms with Gasteiger partial charge in [0.05, 0.1) is 12.2 Å². The summed E-state index contributed by atoms with van der Waals surface area (Å²) in [5.41, 5.74) is 0.454. The van der Waals surface area contributed by atoms with Crippen molar-refractivity contribution in [3.8, 4) is 0 Å². The zero-order valence-corrected chi connectivity index (χ0v) is 13.8. The summed E-state index contributed by atoms with van der Waals surface area (Å²) in [6.45, 7) is 13.8. The van der Waals surface area contributed by atoms with E-state index in [9.17, 15) is 0 Å². The Labute approximate surface area is 120 Å². The van der Waals surface area contributed by atoms with Gasteiger partial charge < -0.3 is 10.1 Å². The van der Waals surface area contributed by atoms with Crippen LogP contribution in [0.4, 0.5) is 0 Å². The first kappa shape index (κ1) is 17.0. The zero-order chi connectivity index (χ0) is 14.3. The maximum absolute atomic E-state index is 6.42. The van der Waals surface area contributed by atoms with E-state index in [4.69, 9.17) is 4.74 Å². The highest BCUT2D eigenvalue weighted by atomic mass is 16.5. The van der Waals surface area contributed by atoms with Gasteiger partial charge in [-0.1, -0.05) is 41.0 Å². The Morgan fingerprint density at radius 3 is 2.53 bits per heavy atom. The van der Waals surface area contributed by atoms with E-state index < -0.39 is 0 Å². The molecule has 114 valence electrons. The largest absolute Gasteiger partial charge is 0.374 e. The zero-order valence-electron chi connectivity index (χ0n) is 13.8. The summed E-state index contributed by atoms with van der Waals surface area (Å²) in [6, 6.07) is 0. The minimum Gasteiger partial charge on any atom is -0.374 e. The highest BCUT2D eigenvalue weighted by Crippen LogP contribution is 2.40. The van der Waals surface area contributed by atoms with E-state index in [1.165, 1.54) is 38.5 Å². The molecule has 0 amide bonds. The Kier molecular flexibility index (Phi) is 7.38. The second-order valence-corrected chi connectivity index (χ2v) is 7.29. The second-order valence-electron chi connectivity index (χ2n) is 7.29. The van der Waals surface area contributed by atoms with Gasteiger partial charge in [0.1, 0.15) is 0 Å². The van der Waals surface area contributed by atoms with Gasteiger partial charge in [0, 0.05) is 6.54 Å². The molecule has 19 heavy (non-hydrogen) atoms. The van der Waals surface area contributed by atoms with Gasteiger partial charge in [0.15, 0.2) is 0 Å². The highest BCUT2D eigenvalue weighted by molar-refractivity contribution is 4.84. The van der Waals surface area contributed by atoms with Crippen LogP contribution in [0.25, 0.3) is 0 Å². The number of rotatable bonds is 8. The molecule has 0 saturated heterocycles. The average Bonchev–Trinajstić information content (AvgIpc) is 2.26. The minimum atomic E-state index is 0.405. The summed E-state index contributed by atoms with van der Waals surface area (Å²) in [5, 5.41) is 3.52. The molecule has 1 aliphatic rings. The van der Waals surface area contributed by atoms with Gasteiger partial charge in [0.2, 0.25) is 0 Å². The van der Waals surface area contributed by atoms with Crippen LogP contribution in [0, 0.1) is 11.3 Å². The summed E-state index contributed by atoms with van der Waals surface area (Å²) in [5.74, 6) is 0.805. The quantitative estimate of drug-likeness (QED) is 0.660.